The molecular formula is C18H27N. The molecule has 3 rings (SSSR count). The highest BCUT2D eigenvalue weighted by atomic mass is 15.0. The van der Waals surface area contributed by atoms with Crippen molar-refractivity contribution in [2.45, 2.75) is 57.9 Å². The molecule has 0 aliphatic heterocycles. The second-order valence-electron chi connectivity index (χ2n) is 6.92. The van der Waals surface area contributed by atoms with Crippen LogP contribution in [0, 0.1) is 11.3 Å². The van der Waals surface area contributed by atoms with E-state index in [0.717, 1.165) is 12.0 Å². The van der Waals surface area contributed by atoms with Crippen molar-refractivity contribution in [1.82, 2.24) is 5.32 Å². The van der Waals surface area contributed by atoms with Crippen LogP contribution < -0.4 is 5.32 Å². The van der Waals surface area contributed by atoms with Gasteiger partial charge in [0.15, 0.2) is 0 Å². The molecule has 2 aliphatic carbocycles. The van der Waals surface area contributed by atoms with Crippen LogP contribution in [0.15, 0.2) is 30.3 Å². The lowest BCUT2D eigenvalue weighted by atomic mass is 9.79. The van der Waals surface area contributed by atoms with E-state index >= 15 is 0 Å². The summed E-state index contributed by atoms with van der Waals surface area (Å²) in [5.41, 5.74) is 2.05. The van der Waals surface area contributed by atoms with Gasteiger partial charge in [0.05, 0.1) is 0 Å². The van der Waals surface area contributed by atoms with Crippen molar-refractivity contribution in [3.05, 3.63) is 35.9 Å². The molecular weight excluding hydrogens is 230 g/mol. The molecule has 1 heteroatoms. The molecule has 0 saturated heterocycles. The van der Waals surface area contributed by atoms with E-state index in [0.29, 0.717) is 5.41 Å². The number of hydrogen-bond acceptors (Lipinski definition) is 1. The molecule has 2 saturated carbocycles. The van der Waals surface area contributed by atoms with Gasteiger partial charge in [0, 0.05) is 12.6 Å². The molecule has 1 N–H and O–H groups in total. The van der Waals surface area contributed by atoms with Crippen molar-refractivity contribution in [3.63, 3.8) is 0 Å². The maximum Gasteiger partial charge on any atom is 0.00684 e. The number of benzene rings is 1. The van der Waals surface area contributed by atoms with Crippen molar-refractivity contribution in [2.75, 3.05) is 6.54 Å². The summed E-state index contributed by atoms with van der Waals surface area (Å²) < 4.78 is 0. The van der Waals surface area contributed by atoms with Gasteiger partial charge in [-0.25, -0.2) is 0 Å². The second-order valence-corrected chi connectivity index (χ2v) is 6.92. The van der Waals surface area contributed by atoms with Crippen molar-refractivity contribution >= 4 is 0 Å². The lowest BCUT2D eigenvalue weighted by Gasteiger charge is -2.30. The summed E-state index contributed by atoms with van der Waals surface area (Å²) in [4.78, 5) is 0. The first-order valence-electron chi connectivity index (χ1n) is 8.04. The van der Waals surface area contributed by atoms with Gasteiger partial charge in [-0.05, 0) is 61.8 Å². The molecule has 2 aliphatic rings. The van der Waals surface area contributed by atoms with Crippen LogP contribution in [-0.2, 0) is 6.42 Å². The standard InChI is InChI=1S/C18H27N/c1-18(16-9-10-16,14-19-17-11-12-17)13-5-8-15-6-3-2-4-7-15/h2-4,6-7,16-17,19H,5,8-14H2,1H3. The average molecular weight is 257 g/mol. The summed E-state index contributed by atoms with van der Waals surface area (Å²) in [6.45, 7) is 3.77. The zero-order chi connectivity index (χ0) is 13.1. The topological polar surface area (TPSA) is 12.0 Å². The van der Waals surface area contributed by atoms with E-state index in [1.54, 1.807) is 0 Å². The van der Waals surface area contributed by atoms with Gasteiger partial charge in [-0.1, -0.05) is 37.3 Å². The molecule has 1 unspecified atom stereocenters. The minimum absolute atomic E-state index is 0.553. The zero-order valence-electron chi connectivity index (χ0n) is 12.2. The molecule has 1 atom stereocenters. The predicted octanol–water partition coefficient (Wildman–Crippen LogP) is 4.18. The van der Waals surface area contributed by atoms with Crippen LogP contribution in [0.2, 0.25) is 0 Å². The van der Waals surface area contributed by atoms with Crippen LogP contribution in [0.5, 0.6) is 0 Å². The van der Waals surface area contributed by atoms with Gasteiger partial charge >= 0.3 is 0 Å². The van der Waals surface area contributed by atoms with Crippen molar-refractivity contribution in [2.24, 2.45) is 11.3 Å². The normalized spacial score (nSPS) is 22.2. The van der Waals surface area contributed by atoms with E-state index < -0.39 is 0 Å². The first-order chi connectivity index (χ1) is 9.26. The molecule has 0 heterocycles. The molecule has 1 aromatic rings. The number of aryl methyl sites for hydroxylation is 1. The van der Waals surface area contributed by atoms with Gasteiger partial charge in [-0.15, -0.1) is 0 Å². The minimum atomic E-state index is 0.553. The monoisotopic (exact) mass is 257 g/mol. The summed E-state index contributed by atoms with van der Waals surface area (Å²) in [6, 6.07) is 11.8. The summed E-state index contributed by atoms with van der Waals surface area (Å²) in [5.74, 6) is 0.995. The van der Waals surface area contributed by atoms with E-state index in [-0.39, 0.29) is 0 Å². The molecule has 0 amide bonds. The summed E-state index contributed by atoms with van der Waals surface area (Å²) in [6.07, 6.45) is 9.71. The quantitative estimate of drug-likeness (QED) is 0.737. The lowest BCUT2D eigenvalue weighted by molar-refractivity contribution is 0.230. The van der Waals surface area contributed by atoms with Crippen LogP contribution in [0.4, 0.5) is 0 Å². The highest BCUT2D eigenvalue weighted by Crippen LogP contribution is 2.48. The number of hydrogen-bond donors (Lipinski definition) is 1. The Balaban J connectivity index is 1.47. The second kappa shape index (κ2) is 5.66. The highest BCUT2D eigenvalue weighted by Gasteiger charge is 2.41. The molecule has 1 nitrogen and oxygen atoms in total. The zero-order valence-corrected chi connectivity index (χ0v) is 12.2. The van der Waals surface area contributed by atoms with Crippen LogP contribution in [0.1, 0.15) is 51.0 Å². The maximum atomic E-state index is 3.77. The van der Waals surface area contributed by atoms with E-state index in [2.05, 4.69) is 42.6 Å². The Morgan fingerprint density at radius 3 is 2.47 bits per heavy atom. The predicted molar refractivity (Wildman–Crippen MR) is 81.2 cm³/mol. The Bertz CT molecular complexity index is 391. The number of nitrogens with one attached hydrogen (secondary N) is 1. The fraction of sp³-hybridized carbons (Fsp3) is 0.667. The largest absolute Gasteiger partial charge is 0.313 e. The van der Waals surface area contributed by atoms with Gasteiger partial charge < -0.3 is 5.32 Å². The Morgan fingerprint density at radius 1 is 1.11 bits per heavy atom. The molecule has 0 spiro atoms. The molecule has 2 fully saturated rings. The van der Waals surface area contributed by atoms with Gasteiger partial charge in [-0.2, -0.15) is 0 Å². The number of rotatable bonds is 8. The van der Waals surface area contributed by atoms with E-state index in [1.165, 1.54) is 57.1 Å². The van der Waals surface area contributed by atoms with Gasteiger partial charge in [0.1, 0.15) is 0 Å². The fourth-order valence-corrected chi connectivity index (χ4v) is 3.22. The molecule has 0 bridgehead atoms. The van der Waals surface area contributed by atoms with Crippen LogP contribution in [-0.4, -0.2) is 12.6 Å². The van der Waals surface area contributed by atoms with Gasteiger partial charge in [-0.3, -0.25) is 0 Å². The molecule has 104 valence electrons. The molecule has 0 aromatic heterocycles. The van der Waals surface area contributed by atoms with Crippen LogP contribution >= 0.6 is 0 Å². The van der Waals surface area contributed by atoms with Crippen molar-refractivity contribution < 1.29 is 0 Å². The molecule has 19 heavy (non-hydrogen) atoms. The third-order valence-electron chi connectivity index (χ3n) is 4.99. The fourth-order valence-electron chi connectivity index (χ4n) is 3.22. The van der Waals surface area contributed by atoms with Crippen LogP contribution in [0.25, 0.3) is 0 Å². The van der Waals surface area contributed by atoms with E-state index in [1.807, 2.05) is 0 Å². The average Bonchev–Trinajstić information content (AvgIpc) is 3.31. The van der Waals surface area contributed by atoms with Crippen molar-refractivity contribution in [1.29, 1.82) is 0 Å². The van der Waals surface area contributed by atoms with Gasteiger partial charge in [0.25, 0.3) is 0 Å². The minimum Gasteiger partial charge on any atom is -0.313 e. The Labute approximate surface area is 117 Å². The van der Waals surface area contributed by atoms with Crippen LogP contribution in [0.3, 0.4) is 0 Å². The van der Waals surface area contributed by atoms with Crippen molar-refractivity contribution in [3.8, 4) is 0 Å². The summed E-state index contributed by atoms with van der Waals surface area (Å²) in [5, 5.41) is 3.77. The maximum absolute atomic E-state index is 3.77. The lowest BCUT2D eigenvalue weighted by Crippen LogP contribution is -2.35. The first kappa shape index (κ1) is 13.2. The Hall–Kier alpha value is -0.820. The first-order valence-corrected chi connectivity index (χ1v) is 8.04. The Morgan fingerprint density at radius 2 is 1.84 bits per heavy atom. The van der Waals surface area contributed by atoms with Gasteiger partial charge in [0.2, 0.25) is 0 Å². The summed E-state index contributed by atoms with van der Waals surface area (Å²) >= 11 is 0. The molecule has 0 radical (unpaired) electrons. The highest BCUT2D eigenvalue weighted by molar-refractivity contribution is 5.14. The summed E-state index contributed by atoms with van der Waals surface area (Å²) in [7, 11) is 0. The van der Waals surface area contributed by atoms with E-state index in [4.69, 9.17) is 0 Å². The smallest absolute Gasteiger partial charge is 0.00684 e. The third-order valence-corrected chi connectivity index (χ3v) is 4.99. The van der Waals surface area contributed by atoms with E-state index in [9.17, 15) is 0 Å². The molecule has 1 aromatic carbocycles. The SMILES string of the molecule is CC(CCCc1ccccc1)(CNC1CC1)C1CC1. The Kier molecular flexibility index (Phi) is 3.93. The third kappa shape index (κ3) is 3.82.